The van der Waals surface area contributed by atoms with Gasteiger partial charge in [0.25, 0.3) is 0 Å². The zero-order valence-electron chi connectivity index (χ0n) is 12.1. The number of benzene rings is 1. The molecule has 3 N–H and O–H groups in total. The summed E-state index contributed by atoms with van der Waals surface area (Å²) in [6.07, 6.45) is 2.12. The molecule has 2 aliphatic rings. The number of anilines is 1. The Hall–Kier alpha value is -1.59. The molecule has 1 aromatic carbocycles. The summed E-state index contributed by atoms with van der Waals surface area (Å²) >= 11 is 0. The molecule has 0 bridgehead atoms. The maximum atomic E-state index is 12.7. The van der Waals surface area contributed by atoms with Crippen molar-refractivity contribution < 1.29 is 14.6 Å². The average Bonchev–Trinajstić information content (AvgIpc) is 2.55. The van der Waals surface area contributed by atoms with E-state index in [2.05, 4.69) is 10.6 Å². The standard InChI is InChI=1S/C16H22N2O3/c19-11-16(6-9-21-10-7-16)18-15(20)13-5-8-17-14-4-2-1-3-12(13)14/h1-4,13,17,19H,5-11H2,(H,18,20). The normalized spacial score (nSPS) is 23.8. The summed E-state index contributed by atoms with van der Waals surface area (Å²) in [5.74, 6) is -0.131. The summed E-state index contributed by atoms with van der Waals surface area (Å²) in [6, 6.07) is 7.94. The molecule has 5 nitrogen and oxygen atoms in total. The van der Waals surface area contributed by atoms with Gasteiger partial charge in [-0.25, -0.2) is 0 Å². The topological polar surface area (TPSA) is 70.6 Å². The monoisotopic (exact) mass is 290 g/mol. The fourth-order valence-corrected chi connectivity index (χ4v) is 3.17. The second kappa shape index (κ2) is 6.03. The number of hydrogen-bond acceptors (Lipinski definition) is 4. The minimum atomic E-state index is -0.519. The van der Waals surface area contributed by atoms with Crippen LogP contribution in [-0.2, 0) is 9.53 Å². The van der Waals surface area contributed by atoms with Gasteiger partial charge in [-0.2, -0.15) is 0 Å². The Kier molecular flexibility index (Phi) is 4.12. The fourth-order valence-electron chi connectivity index (χ4n) is 3.17. The summed E-state index contributed by atoms with van der Waals surface area (Å²) in [4.78, 5) is 12.7. The second-order valence-corrected chi connectivity index (χ2v) is 5.90. The summed E-state index contributed by atoms with van der Waals surface area (Å²) in [5.41, 5.74) is 1.56. The zero-order chi connectivity index (χ0) is 14.7. The van der Waals surface area contributed by atoms with Crippen LogP contribution in [0.15, 0.2) is 24.3 Å². The molecule has 0 aliphatic carbocycles. The molecule has 114 valence electrons. The number of para-hydroxylation sites is 1. The highest BCUT2D eigenvalue weighted by atomic mass is 16.5. The number of fused-ring (bicyclic) bond motifs is 1. The van der Waals surface area contributed by atoms with Gasteiger partial charge in [0.1, 0.15) is 0 Å². The molecular weight excluding hydrogens is 268 g/mol. The number of rotatable bonds is 3. The van der Waals surface area contributed by atoms with Gasteiger partial charge < -0.3 is 20.5 Å². The highest BCUT2D eigenvalue weighted by Gasteiger charge is 2.36. The highest BCUT2D eigenvalue weighted by molar-refractivity contribution is 5.87. The third-order valence-electron chi connectivity index (χ3n) is 4.54. The van der Waals surface area contributed by atoms with Crippen LogP contribution in [0.4, 0.5) is 5.69 Å². The molecule has 5 heteroatoms. The number of carbonyl (C=O) groups excluding carboxylic acids is 1. The summed E-state index contributed by atoms with van der Waals surface area (Å²) < 4.78 is 5.34. The lowest BCUT2D eigenvalue weighted by atomic mass is 9.86. The Morgan fingerprint density at radius 1 is 1.38 bits per heavy atom. The van der Waals surface area contributed by atoms with Gasteiger partial charge in [-0.15, -0.1) is 0 Å². The predicted octanol–water partition coefficient (Wildman–Crippen LogP) is 1.24. The number of amides is 1. The van der Waals surface area contributed by atoms with Gasteiger partial charge in [-0.05, 0) is 30.9 Å². The van der Waals surface area contributed by atoms with E-state index in [1.807, 2.05) is 24.3 Å². The predicted molar refractivity (Wildman–Crippen MR) is 80.3 cm³/mol. The first kappa shape index (κ1) is 14.4. The molecule has 2 aliphatic heterocycles. The van der Waals surface area contributed by atoms with E-state index >= 15 is 0 Å². The number of aliphatic hydroxyl groups is 1. The van der Waals surface area contributed by atoms with Crippen LogP contribution in [0.25, 0.3) is 0 Å². The first-order chi connectivity index (χ1) is 10.2. The fraction of sp³-hybridized carbons (Fsp3) is 0.562. The maximum absolute atomic E-state index is 12.7. The largest absolute Gasteiger partial charge is 0.394 e. The van der Waals surface area contributed by atoms with Crippen LogP contribution in [0.2, 0.25) is 0 Å². The molecule has 1 atom stereocenters. The Labute approximate surface area is 124 Å². The molecule has 1 fully saturated rings. The van der Waals surface area contributed by atoms with E-state index in [1.54, 1.807) is 0 Å². The SMILES string of the molecule is O=C(NC1(CO)CCOCC1)C1CCNc2ccccc21. The van der Waals surface area contributed by atoms with Gasteiger partial charge in [0, 0.05) is 25.4 Å². The molecule has 0 aromatic heterocycles. The zero-order valence-corrected chi connectivity index (χ0v) is 12.1. The van der Waals surface area contributed by atoms with Crippen molar-refractivity contribution in [3.63, 3.8) is 0 Å². The Morgan fingerprint density at radius 2 is 2.14 bits per heavy atom. The van der Waals surface area contributed by atoms with E-state index in [9.17, 15) is 9.90 Å². The minimum absolute atomic E-state index is 0.0138. The average molecular weight is 290 g/mol. The van der Waals surface area contributed by atoms with Crippen molar-refractivity contribution in [3.8, 4) is 0 Å². The third-order valence-corrected chi connectivity index (χ3v) is 4.54. The van der Waals surface area contributed by atoms with Crippen LogP contribution < -0.4 is 10.6 Å². The summed E-state index contributed by atoms with van der Waals surface area (Å²) in [7, 11) is 0. The van der Waals surface area contributed by atoms with E-state index in [-0.39, 0.29) is 18.4 Å². The van der Waals surface area contributed by atoms with Crippen molar-refractivity contribution in [2.75, 3.05) is 31.7 Å². The Morgan fingerprint density at radius 3 is 2.90 bits per heavy atom. The first-order valence-corrected chi connectivity index (χ1v) is 7.57. The smallest absolute Gasteiger partial charge is 0.228 e. The lowest BCUT2D eigenvalue weighted by Crippen LogP contribution is -2.56. The number of hydrogen-bond donors (Lipinski definition) is 3. The van der Waals surface area contributed by atoms with Crippen molar-refractivity contribution >= 4 is 11.6 Å². The van der Waals surface area contributed by atoms with Crippen molar-refractivity contribution in [1.29, 1.82) is 0 Å². The van der Waals surface area contributed by atoms with E-state index in [1.165, 1.54) is 0 Å². The van der Waals surface area contributed by atoms with E-state index in [0.717, 1.165) is 24.2 Å². The van der Waals surface area contributed by atoms with Gasteiger partial charge in [0.05, 0.1) is 18.1 Å². The molecule has 1 amide bonds. The van der Waals surface area contributed by atoms with Gasteiger partial charge in [-0.1, -0.05) is 18.2 Å². The van der Waals surface area contributed by atoms with Crippen LogP contribution in [0.5, 0.6) is 0 Å². The molecule has 1 saturated heterocycles. The minimum Gasteiger partial charge on any atom is -0.394 e. The van der Waals surface area contributed by atoms with Crippen molar-refractivity contribution in [2.45, 2.75) is 30.7 Å². The quantitative estimate of drug-likeness (QED) is 0.783. The molecule has 0 radical (unpaired) electrons. The van der Waals surface area contributed by atoms with Crippen molar-refractivity contribution in [3.05, 3.63) is 29.8 Å². The van der Waals surface area contributed by atoms with Gasteiger partial charge >= 0.3 is 0 Å². The highest BCUT2D eigenvalue weighted by Crippen LogP contribution is 2.32. The van der Waals surface area contributed by atoms with Gasteiger partial charge in [0.2, 0.25) is 5.91 Å². The molecular formula is C16H22N2O3. The van der Waals surface area contributed by atoms with E-state index in [0.29, 0.717) is 26.1 Å². The second-order valence-electron chi connectivity index (χ2n) is 5.90. The van der Waals surface area contributed by atoms with Gasteiger partial charge in [-0.3, -0.25) is 4.79 Å². The maximum Gasteiger partial charge on any atom is 0.228 e. The number of nitrogens with one attached hydrogen (secondary N) is 2. The molecule has 0 spiro atoms. The summed E-state index contributed by atoms with van der Waals surface area (Å²) in [5, 5.41) is 16.1. The number of aliphatic hydroxyl groups excluding tert-OH is 1. The lowest BCUT2D eigenvalue weighted by Gasteiger charge is -2.38. The van der Waals surface area contributed by atoms with Gasteiger partial charge in [0.15, 0.2) is 0 Å². The van der Waals surface area contributed by atoms with E-state index in [4.69, 9.17) is 4.74 Å². The van der Waals surface area contributed by atoms with Crippen LogP contribution in [-0.4, -0.2) is 42.9 Å². The third kappa shape index (κ3) is 2.89. The van der Waals surface area contributed by atoms with Crippen LogP contribution in [0.3, 0.4) is 0 Å². The first-order valence-electron chi connectivity index (χ1n) is 7.57. The molecule has 3 rings (SSSR count). The van der Waals surface area contributed by atoms with Crippen LogP contribution in [0, 0.1) is 0 Å². The van der Waals surface area contributed by atoms with Crippen LogP contribution in [0.1, 0.15) is 30.7 Å². The Balaban J connectivity index is 1.77. The molecule has 21 heavy (non-hydrogen) atoms. The molecule has 0 saturated carbocycles. The number of carbonyl (C=O) groups is 1. The molecule has 2 heterocycles. The molecule has 1 aromatic rings. The summed E-state index contributed by atoms with van der Waals surface area (Å²) in [6.45, 7) is 1.94. The van der Waals surface area contributed by atoms with Crippen LogP contribution >= 0.6 is 0 Å². The molecule has 1 unspecified atom stereocenters. The van der Waals surface area contributed by atoms with E-state index < -0.39 is 5.54 Å². The van der Waals surface area contributed by atoms with Crippen molar-refractivity contribution in [1.82, 2.24) is 5.32 Å². The number of ether oxygens (including phenoxy) is 1. The Bertz CT molecular complexity index is 512. The lowest BCUT2D eigenvalue weighted by molar-refractivity contribution is -0.127. The van der Waals surface area contributed by atoms with Crippen molar-refractivity contribution in [2.24, 2.45) is 0 Å².